The molecular weight excluding hydrogens is 492 g/mol. The van der Waals surface area contributed by atoms with Crippen molar-refractivity contribution >= 4 is 23.4 Å². The second-order valence-electron chi connectivity index (χ2n) is 8.67. The van der Waals surface area contributed by atoms with Gasteiger partial charge in [0.1, 0.15) is 11.8 Å². The molecule has 1 aromatic carbocycles. The van der Waals surface area contributed by atoms with Gasteiger partial charge >= 0.3 is 6.09 Å². The van der Waals surface area contributed by atoms with Crippen LogP contribution in [0, 0.1) is 18.6 Å². The Morgan fingerprint density at radius 3 is 2.73 bits per heavy atom. The first-order valence-electron chi connectivity index (χ1n) is 11.8. The molecular formula is C22H25F2N9O4. The van der Waals surface area contributed by atoms with Gasteiger partial charge in [-0.1, -0.05) is 10.4 Å². The third-order valence-corrected chi connectivity index (χ3v) is 6.08. The molecule has 5 rings (SSSR count). The Kier molecular flexibility index (Phi) is 6.94. The van der Waals surface area contributed by atoms with Gasteiger partial charge in [-0.3, -0.25) is 14.7 Å². The van der Waals surface area contributed by atoms with Gasteiger partial charge in [0.05, 0.1) is 31.5 Å². The van der Waals surface area contributed by atoms with Crippen LogP contribution < -0.4 is 15.2 Å². The lowest BCUT2D eigenvalue weighted by molar-refractivity contribution is -0.133. The Balaban J connectivity index is 1.21. The quantitative estimate of drug-likeness (QED) is 0.485. The number of carbonyl (C=O) groups excluding carboxylic acids is 2. The molecule has 1 atom stereocenters. The molecule has 2 aliphatic rings. The molecule has 2 amide bonds. The molecule has 13 nitrogen and oxygen atoms in total. The summed E-state index contributed by atoms with van der Waals surface area (Å²) in [5.41, 5.74) is 2.85. The Hall–Kier alpha value is -4.14. The van der Waals surface area contributed by atoms with E-state index in [2.05, 4.69) is 25.9 Å². The van der Waals surface area contributed by atoms with Gasteiger partial charge in [-0.2, -0.15) is 4.98 Å². The standard InChI is InChI=1S/C22H25F2N9O4/c1-14-27-19(28-37-14)2-3-20(34)33-9-8-30(6-5-26-33)21-17(23)10-15(11-18(21)24)32-13-16(36-22(32)35)12-31-7-4-25-29-31/h4,7,10-11,16,26H,2-3,5-6,8-9,12-13H2,1H3/t16-/m0/s1. The van der Waals surface area contributed by atoms with E-state index in [1.165, 1.54) is 25.7 Å². The van der Waals surface area contributed by atoms with Gasteiger partial charge in [0, 0.05) is 57.7 Å². The summed E-state index contributed by atoms with van der Waals surface area (Å²) >= 11 is 0. The van der Waals surface area contributed by atoms with Crippen LogP contribution in [0.2, 0.25) is 0 Å². The second kappa shape index (κ2) is 10.5. The van der Waals surface area contributed by atoms with E-state index in [-0.39, 0.29) is 56.4 Å². The molecule has 0 unspecified atom stereocenters. The summed E-state index contributed by atoms with van der Waals surface area (Å²) in [5.74, 6) is -0.939. The Morgan fingerprint density at radius 2 is 2.03 bits per heavy atom. The lowest BCUT2D eigenvalue weighted by Gasteiger charge is -2.25. The minimum Gasteiger partial charge on any atom is -0.442 e. The minimum atomic E-state index is -0.810. The van der Waals surface area contributed by atoms with E-state index in [0.29, 0.717) is 24.7 Å². The number of hydrazine groups is 1. The number of benzene rings is 1. The van der Waals surface area contributed by atoms with Crippen molar-refractivity contribution in [1.29, 1.82) is 0 Å². The first kappa shape index (κ1) is 24.5. The molecule has 2 aromatic heterocycles. The molecule has 3 aromatic rings. The fourth-order valence-electron chi connectivity index (χ4n) is 4.34. The van der Waals surface area contributed by atoms with E-state index in [0.717, 1.165) is 12.1 Å². The number of nitrogens with one attached hydrogen (secondary N) is 1. The van der Waals surface area contributed by atoms with Gasteiger partial charge in [-0.05, 0) is 0 Å². The van der Waals surface area contributed by atoms with Crippen LogP contribution in [0.1, 0.15) is 18.1 Å². The van der Waals surface area contributed by atoms with E-state index in [1.54, 1.807) is 13.1 Å². The average Bonchev–Trinajstić information content (AvgIpc) is 3.56. The molecule has 196 valence electrons. The number of halogens is 2. The summed E-state index contributed by atoms with van der Waals surface area (Å²) in [4.78, 5) is 31.8. The zero-order valence-electron chi connectivity index (χ0n) is 20.0. The number of amides is 2. The molecule has 2 saturated heterocycles. The van der Waals surface area contributed by atoms with E-state index >= 15 is 8.78 Å². The van der Waals surface area contributed by atoms with Crippen LogP contribution in [0.25, 0.3) is 0 Å². The van der Waals surface area contributed by atoms with Crippen LogP contribution in [0.4, 0.5) is 25.0 Å². The van der Waals surface area contributed by atoms with Crippen LogP contribution in [0.5, 0.6) is 0 Å². The topological polar surface area (TPSA) is 135 Å². The highest BCUT2D eigenvalue weighted by atomic mass is 19.1. The number of ether oxygens (including phenoxy) is 1. The first-order chi connectivity index (χ1) is 17.9. The van der Waals surface area contributed by atoms with Crippen molar-refractivity contribution in [1.82, 2.24) is 35.6 Å². The Morgan fingerprint density at radius 1 is 1.22 bits per heavy atom. The third-order valence-electron chi connectivity index (χ3n) is 6.08. The number of aromatic nitrogens is 5. The molecule has 4 heterocycles. The van der Waals surface area contributed by atoms with Gasteiger partial charge in [0.15, 0.2) is 17.5 Å². The third kappa shape index (κ3) is 5.50. The van der Waals surface area contributed by atoms with E-state index in [4.69, 9.17) is 9.26 Å². The lowest BCUT2D eigenvalue weighted by Crippen LogP contribution is -2.43. The summed E-state index contributed by atoms with van der Waals surface area (Å²) in [6.07, 6.45) is 2.38. The largest absolute Gasteiger partial charge is 0.442 e. The van der Waals surface area contributed by atoms with Gasteiger partial charge in [-0.25, -0.2) is 23.7 Å². The van der Waals surface area contributed by atoms with E-state index < -0.39 is 23.8 Å². The first-order valence-corrected chi connectivity index (χ1v) is 11.8. The van der Waals surface area contributed by atoms with Crippen molar-refractivity contribution in [2.24, 2.45) is 0 Å². The molecule has 2 fully saturated rings. The lowest BCUT2D eigenvalue weighted by atomic mass is 10.2. The van der Waals surface area contributed by atoms with Crippen molar-refractivity contribution in [3.05, 3.63) is 47.9 Å². The maximum atomic E-state index is 15.2. The van der Waals surface area contributed by atoms with Crippen molar-refractivity contribution < 1.29 is 27.6 Å². The van der Waals surface area contributed by atoms with Crippen LogP contribution in [0.3, 0.4) is 0 Å². The van der Waals surface area contributed by atoms with Gasteiger partial charge in [0.25, 0.3) is 0 Å². The zero-order valence-corrected chi connectivity index (χ0v) is 20.0. The van der Waals surface area contributed by atoms with E-state index in [1.807, 2.05) is 0 Å². The van der Waals surface area contributed by atoms with Crippen LogP contribution in [0.15, 0.2) is 29.0 Å². The van der Waals surface area contributed by atoms with Crippen molar-refractivity contribution in [2.75, 3.05) is 42.5 Å². The molecule has 2 aliphatic heterocycles. The summed E-state index contributed by atoms with van der Waals surface area (Å²) in [7, 11) is 0. The van der Waals surface area contributed by atoms with Crippen molar-refractivity contribution in [3.63, 3.8) is 0 Å². The normalized spacial score (nSPS) is 18.3. The highest BCUT2D eigenvalue weighted by Crippen LogP contribution is 2.31. The number of nitrogens with zero attached hydrogens (tertiary/aromatic N) is 8. The SMILES string of the molecule is Cc1nc(CCC(=O)N2CCN(c3c(F)cc(N4C[C@H](Cn5ccnn5)OC4=O)cc3F)CCN2)no1. The monoisotopic (exact) mass is 517 g/mol. The molecule has 37 heavy (non-hydrogen) atoms. The fourth-order valence-corrected chi connectivity index (χ4v) is 4.34. The van der Waals surface area contributed by atoms with Gasteiger partial charge in [-0.15, -0.1) is 5.10 Å². The predicted molar refractivity (Wildman–Crippen MR) is 123 cm³/mol. The number of aryl methyl sites for hydroxylation is 2. The molecule has 0 aliphatic carbocycles. The minimum absolute atomic E-state index is 0.0614. The molecule has 15 heteroatoms. The smallest absolute Gasteiger partial charge is 0.414 e. The Bertz CT molecular complexity index is 1250. The summed E-state index contributed by atoms with van der Waals surface area (Å²) in [6, 6.07) is 2.23. The number of cyclic esters (lactones) is 1. The predicted octanol–water partition coefficient (Wildman–Crippen LogP) is 1.06. The van der Waals surface area contributed by atoms with E-state index in [9.17, 15) is 9.59 Å². The van der Waals surface area contributed by atoms with Gasteiger partial charge < -0.3 is 14.2 Å². The Labute approximate surface area is 209 Å². The number of hydrogen-bond acceptors (Lipinski definition) is 10. The maximum Gasteiger partial charge on any atom is 0.414 e. The number of rotatable bonds is 7. The van der Waals surface area contributed by atoms with Gasteiger partial charge in [0.2, 0.25) is 11.8 Å². The molecule has 0 saturated carbocycles. The van der Waals surface area contributed by atoms with Crippen molar-refractivity contribution in [2.45, 2.75) is 32.4 Å². The zero-order chi connectivity index (χ0) is 25.9. The second-order valence-corrected chi connectivity index (χ2v) is 8.67. The number of carbonyl (C=O) groups is 2. The molecule has 0 bridgehead atoms. The van der Waals surface area contributed by atoms with Crippen molar-refractivity contribution in [3.8, 4) is 0 Å². The molecule has 0 radical (unpaired) electrons. The number of hydrogen-bond donors (Lipinski definition) is 1. The number of anilines is 2. The highest BCUT2D eigenvalue weighted by Gasteiger charge is 2.34. The fraction of sp³-hybridized carbons (Fsp3) is 0.455. The summed E-state index contributed by atoms with van der Waals surface area (Å²) < 4.78 is 42.1. The summed E-state index contributed by atoms with van der Waals surface area (Å²) in [5, 5.41) is 12.7. The molecule has 0 spiro atoms. The highest BCUT2D eigenvalue weighted by molar-refractivity contribution is 5.90. The van der Waals surface area contributed by atoms with Crippen LogP contribution in [-0.4, -0.2) is 81.0 Å². The maximum absolute atomic E-state index is 15.2. The molecule has 1 N–H and O–H groups in total. The van der Waals surface area contributed by atoms with Crippen LogP contribution in [-0.2, 0) is 22.5 Å². The average molecular weight is 517 g/mol. The van der Waals surface area contributed by atoms with Crippen LogP contribution >= 0.6 is 0 Å². The summed E-state index contributed by atoms with van der Waals surface area (Å²) in [6.45, 7) is 3.05.